The molecular weight excluding hydrogens is 313 g/mol. The highest BCUT2D eigenvalue weighted by atomic mass is 79.9. The summed E-state index contributed by atoms with van der Waals surface area (Å²) >= 11 is 3.16. The smallest absolute Gasteiger partial charge is 0.139 e. The normalized spacial score (nSPS) is 20.5. The van der Waals surface area contributed by atoms with Gasteiger partial charge in [-0.1, -0.05) is 6.92 Å². The third-order valence-electron chi connectivity index (χ3n) is 3.28. The Kier molecular flexibility index (Phi) is 5.01. The van der Waals surface area contributed by atoms with Crippen LogP contribution in [0.4, 0.5) is 15.8 Å². The summed E-state index contributed by atoms with van der Waals surface area (Å²) in [5.41, 5.74) is 6.92. The molecule has 2 rings (SSSR count). The Hall–Kier alpha value is -0.850. The minimum absolute atomic E-state index is 0.136. The molecule has 6 heteroatoms. The maximum atomic E-state index is 13.3. The van der Waals surface area contributed by atoms with Crippen LogP contribution in [-0.4, -0.2) is 43.8 Å². The fourth-order valence-electron chi connectivity index (χ4n) is 2.13. The number of nitrogens with zero attached hydrogens (tertiary/aromatic N) is 1. The molecular formula is C13H19BrFN3O. The zero-order valence-corrected chi connectivity index (χ0v) is 12.5. The van der Waals surface area contributed by atoms with Gasteiger partial charge in [0.1, 0.15) is 5.82 Å². The quantitative estimate of drug-likeness (QED) is 0.831. The van der Waals surface area contributed by atoms with Crippen molar-refractivity contribution in [3.05, 3.63) is 22.4 Å². The third kappa shape index (κ3) is 3.81. The standard InChI is InChI=1S/C13H19BrFN3O/c1-2-18-3-4-19-9(8-18)7-17-13-5-10(14)11(15)6-12(13)16/h5-6,9,17H,2-4,7-8,16H2,1H3. The van der Waals surface area contributed by atoms with Crippen molar-refractivity contribution in [1.82, 2.24) is 4.90 Å². The van der Waals surface area contributed by atoms with Crippen LogP contribution in [0.3, 0.4) is 0 Å². The maximum Gasteiger partial charge on any atom is 0.139 e. The molecule has 0 spiro atoms. The van der Waals surface area contributed by atoms with Gasteiger partial charge in [-0.15, -0.1) is 0 Å². The summed E-state index contributed by atoms with van der Waals surface area (Å²) < 4.78 is 19.4. The molecule has 0 radical (unpaired) electrons. The summed E-state index contributed by atoms with van der Waals surface area (Å²) in [6, 6.07) is 2.97. The van der Waals surface area contributed by atoms with Gasteiger partial charge in [-0.2, -0.15) is 0 Å². The second-order valence-electron chi connectivity index (χ2n) is 4.62. The molecule has 1 aromatic rings. The molecule has 0 bridgehead atoms. The maximum absolute atomic E-state index is 13.3. The molecule has 1 aromatic carbocycles. The molecule has 0 aromatic heterocycles. The first-order valence-electron chi connectivity index (χ1n) is 6.42. The van der Waals surface area contributed by atoms with Gasteiger partial charge in [0, 0.05) is 25.7 Å². The van der Waals surface area contributed by atoms with Crippen LogP contribution in [-0.2, 0) is 4.74 Å². The molecule has 1 saturated heterocycles. The van der Waals surface area contributed by atoms with Crippen LogP contribution in [0.2, 0.25) is 0 Å². The summed E-state index contributed by atoms with van der Waals surface area (Å²) in [6.07, 6.45) is 0.136. The Morgan fingerprint density at radius 3 is 3.11 bits per heavy atom. The van der Waals surface area contributed by atoms with Gasteiger partial charge in [-0.25, -0.2) is 4.39 Å². The predicted molar refractivity (Wildman–Crippen MR) is 78.9 cm³/mol. The fourth-order valence-corrected chi connectivity index (χ4v) is 2.47. The highest BCUT2D eigenvalue weighted by molar-refractivity contribution is 9.10. The second-order valence-corrected chi connectivity index (χ2v) is 5.47. The zero-order valence-electron chi connectivity index (χ0n) is 11.0. The van der Waals surface area contributed by atoms with Crippen LogP contribution >= 0.6 is 15.9 Å². The molecule has 0 aliphatic carbocycles. The number of nitrogens with two attached hydrogens (primary N) is 1. The molecule has 1 aliphatic rings. The van der Waals surface area contributed by atoms with Crippen LogP contribution in [0.25, 0.3) is 0 Å². The highest BCUT2D eigenvalue weighted by Crippen LogP contribution is 2.26. The van der Waals surface area contributed by atoms with Gasteiger partial charge in [0.2, 0.25) is 0 Å². The van der Waals surface area contributed by atoms with Crippen LogP contribution in [0.5, 0.6) is 0 Å². The highest BCUT2D eigenvalue weighted by Gasteiger charge is 2.19. The Balaban J connectivity index is 1.93. The van der Waals surface area contributed by atoms with Gasteiger partial charge in [-0.3, -0.25) is 4.90 Å². The molecule has 0 saturated carbocycles. The van der Waals surface area contributed by atoms with E-state index in [4.69, 9.17) is 10.5 Å². The van der Waals surface area contributed by atoms with Crippen molar-refractivity contribution in [3.8, 4) is 0 Å². The number of rotatable bonds is 4. The average Bonchev–Trinajstić information content (AvgIpc) is 2.41. The Morgan fingerprint density at radius 2 is 2.37 bits per heavy atom. The van der Waals surface area contributed by atoms with Gasteiger partial charge < -0.3 is 15.8 Å². The number of halogens is 2. The summed E-state index contributed by atoms with van der Waals surface area (Å²) in [5.74, 6) is -0.353. The molecule has 3 N–H and O–H groups in total. The van der Waals surface area contributed by atoms with E-state index in [0.29, 0.717) is 16.7 Å². The van der Waals surface area contributed by atoms with Crippen LogP contribution in [0.1, 0.15) is 6.92 Å². The topological polar surface area (TPSA) is 50.5 Å². The summed E-state index contributed by atoms with van der Waals surface area (Å²) in [6.45, 7) is 6.49. The van der Waals surface area contributed by atoms with E-state index in [2.05, 4.69) is 33.1 Å². The van der Waals surface area contributed by atoms with E-state index in [1.807, 2.05) is 0 Å². The van der Waals surface area contributed by atoms with Crippen molar-refractivity contribution in [3.63, 3.8) is 0 Å². The molecule has 1 aliphatic heterocycles. The van der Waals surface area contributed by atoms with Crippen LogP contribution in [0, 0.1) is 5.82 Å². The van der Waals surface area contributed by atoms with Crippen LogP contribution < -0.4 is 11.1 Å². The zero-order chi connectivity index (χ0) is 13.8. The van der Waals surface area contributed by atoms with Gasteiger partial charge in [-0.05, 0) is 28.5 Å². The first kappa shape index (κ1) is 14.6. The molecule has 106 valence electrons. The Bertz CT molecular complexity index is 444. The van der Waals surface area contributed by atoms with E-state index in [1.54, 1.807) is 6.07 Å². The second kappa shape index (κ2) is 6.54. The Labute approximate surface area is 121 Å². The van der Waals surface area contributed by atoms with Crippen molar-refractivity contribution in [1.29, 1.82) is 0 Å². The minimum atomic E-state index is -0.353. The number of hydrogen-bond acceptors (Lipinski definition) is 4. The average molecular weight is 332 g/mol. The van der Waals surface area contributed by atoms with E-state index in [0.717, 1.165) is 31.9 Å². The fraction of sp³-hybridized carbons (Fsp3) is 0.538. The lowest BCUT2D eigenvalue weighted by molar-refractivity contribution is -0.0191. The number of likely N-dealkylation sites (N-methyl/N-ethyl adjacent to an activating group) is 1. The molecule has 1 unspecified atom stereocenters. The first-order chi connectivity index (χ1) is 9.10. The van der Waals surface area contributed by atoms with Gasteiger partial charge in [0.25, 0.3) is 0 Å². The van der Waals surface area contributed by atoms with Crippen molar-refractivity contribution in [2.45, 2.75) is 13.0 Å². The number of anilines is 2. The number of nitrogens with one attached hydrogen (secondary N) is 1. The van der Waals surface area contributed by atoms with Gasteiger partial charge in [0.15, 0.2) is 0 Å². The van der Waals surface area contributed by atoms with Crippen molar-refractivity contribution >= 4 is 27.3 Å². The van der Waals surface area contributed by atoms with E-state index < -0.39 is 0 Å². The van der Waals surface area contributed by atoms with Gasteiger partial charge in [0.05, 0.1) is 28.6 Å². The van der Waals surface area contributed by atoms with Gasteiger partial charge >= 0.3 is 0 Å². The lowest BCUT2D eigenvalue weighted by atomic mass is 10.2. The molecule has 1 fully saturated rings. The molecule has 19 heavy (non-hydrogen) atoms. The Morgan fingerprint density at radius 1 is 1.58 bits per heavy atom. The van der Waals surface area contributed by atoms with E-state index in [-0.39, 0.29) is 11.9 Å². The van der Waals surface area contributed by atoms with Crippen molar-refractivity contribution in [2.24, 2.45) is 0 Å². The molecule has 0 amide bonds. The molecule has 4 nitrogen and oxygen atoms in total. The summed E-state index contributed by atoms with van der Waals surface area (Å²) in [7, 11) is 0. The van der Waals surface area contributed by atoms with E-state index in [1.165, 1.54) is 6.07 Å². The lowest BCUT2D eigenvalue weighted by Crippen LogP contribution is -2.45. The van der Waals surface area contributed by atoms with Crippen molar-refractivity contribution in [2.75, 3.05) is 43.8 Å². The minimum Gasteiger partial charge on any atom is -0.397 e. The SMILES string of the molecule is CCN1CCOC(CNc2cc(Br)c(F)cc2N)C1. The monoisotopic (exact) mass is 331 g/mol. The number of nitrogen functional groups attached to an aromatic ring is 1. The number of benzene rings is 1. The van der Waals surface area contributed by atoms with Crippen LogP contribution in [0.15, 0.2) is 16.6 Å². The summed E-state index contributed by atoms with van der Waals surface area (Å²) in [4.78, 5) is 2.35. The number of ether oxygens (including phenoxy) is 1. The molecule has 1 heterocycles. The predicted octanol–water partition coefficient (Wildman–Crippen LogP) is 2.30. The number of morpholine rings is 1. The van der Waals surface area contributed by atoms with E-state index >= 15 is 0 Å². The van der Waals surface area contributed by atoms with E-state index in [9.17, 15) is 4.39 Å². The number of hydrogen-bond donors (Lipinski definition) is 2. The third-order valence-corrected chi connectivity index (χ3v) is 3.89. The largest absolute Gasteiger partial charge is 0.397 e. The molecule has 1 atom stereocenters. The van der Waals surface area contributed by atoms with Crippen molar-refractivity contribution < 1.29 is 9.13 Å². The first-order valence-corrected chi connectivity index (χ1v) is 7.21. The lowest BCUT2D eigenvalue weighted by Gasteiger charge is -2.32. The summed E-state index contributed by atoms with van der Waals surface area (Å²) in [5, 5.41) is 3.22.